The fourth-order valence-electron chi connectivity index (χ4n) is 2.47. The van der Waals surface area contributed by atoms with E-state index in [1.54, 1.807) is 25.2 Å². The van der Waals surface area contributed by atoms with Crippen molar-refractivity contribution in [3.05, 3.63) is 24.3 Å². The Morgan fingerprint density at radius 3 is 2.84 bits per heavy atom. The summed E-state index contributed by atoms with van der Waals surface area (Å²) in [5.74, 6) is 0.265. The predicted molar refractivity (Wildman–Crippen MR) is 74.6 cm³/mol. The lowest BCUT2D eigenvalue weighted by atomic mass is 10.1. The Balaban J connectivity index is 2.24. The molecule has 1 atom stereocenters. The zero-order valence-electron chi connectivity index (χ0n) is 11.0. The van der Waals surface area contributed by atoms with Crippen LogP contribution in [0.4, 0.5) is 5.69 Å². The summed E-state index contributed by atoms with van der Waals surface area (Å²) in [6.45, 7) is 1.15. The number of aliphatic hydroxyl groups excluding tert-OH is 1. The fourth-order valence-corrected chi connectivity index (χ4v) is 4.20. The van der Waals surface area contributed by atoms with E-state index in [2.05, 4.69) is 5.32 Å². The summed E-state index contributed by atoms with van der Waals surface area (Å²) in [6, 6.07) is 6.92. The maximum absolute atomic E-state index is 12.6. The molecule has 1 aliphatic rings. The Hall–Kier alpha value is -1.11. The molecule has 106 valence electrons. The van der Waals surface area contributed by atoms with Crippen molar-refractivity contribution < 1.29 is 13.5 Å². The normalized spacial score (nSPS) is 20.6. The highest BCUT2D eigenvalue weighted by molar-refractivity contribution is 7.89. The summed E-state index contributed by atoms with van der Waals surface area (Å²) in [6.07, 6.45) is 1.49. The zero-order chi connectivity index (χ0) is 13.9. The van der Waals surface area contributed by atoms with E-state index in [9.17, 15) is 8.42 Å². The van der Waals surface area contributed by atoms with Crippen molar-refractivity contribution in [3.63, 3.8) is 0 Å². The predicted octanol–water partition coefficient (Wildman–Crippen LogP) is 1.12. The monoisotopic (exact) mass is 284 g/mol. The van der Waals surface area contributed by atoms with Crippen molar-refractivity contribution in [3.8, 4) is 0 Å². The molecular weight excluding hydrogens is 264 g/mol. The zero-order valence-corrected chi connectivity index (χ0v) is 11.9. The lowest BCUT2D eigenvalue weighted by Crippen LogP contribution is -2.29. The standard InChI is InChI=1S/C13H20N2O3S/c1-14-12-4-2-3-5-13(12)19(17,18)15-8-6-11(10-15)7-9-16/h2-5,11,14,16H,6-10H2,1H3. The number of rotatable bonds is 5. The summed E-state index contributed by atoms with van der Waals surface area (Å²) in [7, 11) is -1.73. The molecule has 0 aromatic heterocycles. The van der Waals surface area contributed by atoms with E-state index >= 15 is 0 Å². The van der Waals surface area contributed by atoms with E-state index in [0.717, 1.165) is 6.42 Å². The van der Waals surface area contributed by atoms with Gasteiger partial charge in [-0.3, -0.25) is 0 Å². The first-order valence-corrected chi connectivity index (χ1v) is 7.91. The maximum Gasteiger partial charge on any atom is 0.245 e. The van der Waals surface area contributed by atoms with Gasteiger partial charge in [0.15, 0.2) is 0 Å². The van der Waals surface area contributed by atoms with Crippen LogP contribution in [0.2, 0.25) is 0 Å². The number of hydrogen-bond donors (Lipinski definition) is 2. The number of hydrogen-bond acceptors (Lipinski definition) is 4. The van der Waals surface area contributed by atoms with Gasteiger partial charge in [0.1, 0.15) is 4.90 Å². The molecule has 0 aliphatic carbocycles. The lowest BCUT2D eigenvalue weighted by molar-refractivity contribution is 0.259. The van der Waals surface area contributed by atoms with Gasteiger partial charge < -0.3 is 10.4 Å². The fraction of sp³-hybridized carbons (Fsp3) is 0.538. The molecule has 0 amide bonds. The summed E-state index contributed by atoms with van der Waals surface area (Å²) < 4.78 is 26.7. The molecule has 0 saturated carbocycles. The van der Waals surface area contributed by atoms with Gasteiger partial charge in [0.05, 0.1) is 5.69 Å². The van der Waals surface area contributed by atoms with Crippen molar-refractivity contribution in [2.24, 2.45) is 5.92 Å². The second kappa shape index (κ2) is 5.90. The van der Waals surface area contributed by atoms with Crippen molar-refractivity contribution in [2.45, 2.75) is 17.7 Å². The summed E-state index contributed by atoms with van der Waals surface area (Å²) in [5.41, 5.74) is 0.619. The number of para-hydroxylation sites is 1. The molecule has 0 radical (unpaired) electrons. The molecule has 2 rings (SSSR count). The molecule has 0 spiro atoms. The molecule has 0 bridgehead atoms. The molecular formula is C13H20N2O3S. The van der Waals surface area contributed by atoms with Gasteiger partial charge in [-0.05, 0) is 30.9 Å². The van der Waals surface area contributed by atoms with Crippen LogP contribution in [0.5, 0.6) is 0 Å². The van der Waals surface area contributed by atoms with Crippen LogP contribution in [0.3, 0.4) is 0 Å². The Kier molecular flexibility index (Phi) is 4.44. The minimum Gasteiger partial charge on any atom is -0.396 e. The van der Waals surface area contributed by atoms with Gasteiger partial charge in [-0.25, -0.2) is 8.42 Å². The summed E-state index contributed by atoms with van der Waals surface area (Å²) in [5, 5.41) is 11.9. The molecule has 6 heteroatoms. The van der Waals surface area contributed by atoms with Crippen LogP contribution in [-0.2, 0) is 10.0 Å². The van der Waals surface area contributed by atoms with Crippen molar-refractivity contribution in [1.29, 1.82) is 0 Å². The molecule has 1 saturated heterocycles. The molecule has 1 fully saturated rings. The highest BCUT2D eigenvalue weighted by Crippen LogP contribution is 2.29. The van der Waals surface area contributed by atoms with E-state index in [4.69, 9.17) is 5.11 Å². The third-order valence-electron chi connectivity index (χ3n) is 3.56. The Bertz CT molecular complexity index is 530. The Labute approximate surface area is 114 Å². The van der Waals surface area contributed by atoms with E-state index in [-0.39, 0.29) is 12.5 Å². The largest absolute Gasteiger partial charge is 0.396 e. The first kappa shape index (κ1) is 14.3. The van der Waals surface area contributed by atoms with Crippen LogP contribution >= 0.6 is 0 Å². The first-order valence-electron chi connectivity index (χ1n) is 6.47. The topological polar surface area (TPSA) is 69.6 Å². The van der Waals surface area contributed by atoms with Crippen LogP contribution < -0.4 is 5.32 Å². The quantitative estimate of drug-likeness (QED) is 0.850. The third-order valence-corrected chi connectivity index (χ3v) is 5.48. The van der Waals surface area contributed by atoms with Crippen LogP contribution in [-0.4, -0.2) is 44.6 Å². The van der Waals surface area contributed by atoms with Gasteiger partial charge in [-0.2, -0.15) is 4.31 Å². The van der Waals surface area contributed by atoms with E-state index in [0.29, 0.717) is 30.1 Å². The van der Waals surface area contributed by atoms with Crippen LogP contribution in [0.25, 0.3) is 0 Å². The molecule has 2 N–H and O–H groups in total. The van der Waals surface area contributed by atoms with Gasteiger partial charge >= 0.3 is 0 Å². The third kappa shape index (κ3) is 2.91. The first-order chi connectivity index (χ1) is 9.09. The minimum absolute atomic E-state index is 0.117. The molecule has 1 aromatic carbocycles. The van der Waals surface area contributed by atoms with E-state index in [1.165, 1.54) is 4.31 Å². The Morgan fingerprint density at radius 1 is 1.42 bits per heavy atom. The van der Waals surface area contributed by atoms with Gasteiger partial charge in [0, 0.05) is 26.7 Å². The molecule has 1 aromatic rings. The van der Waals surface area contributed by atoms with E-state index < -0.39 is 10.0 Å². The molecule has 1 aliphatic heterocycles. The summed E-state index contributed by atoms with van der Waals surface area (Å²) in [4.78, 5) is 0.321. The number of anilines is 1. The van der Waals surface area contributed by atoms with Crippen molar-refractivity contribution >= 4 is 15.7 Å². The number of sulfonamides is 1. The van der Waals surface area contributed by atoms with Crippen LogP contribution in [0, 0.1) is 5.92 Å². The average molecular weight is 284 g/mol. The average Bonchev–Trinajstić information content (AvgIpc) is 2.88. The number of aliphatic hydroxyl groups is 1. The molecule has 1 unspecified atom stereocenters. The summed E-state index contributed by atoms with van der Waals surface area (Å²) >= 11 is 0. The van der Waals surface area contributed by atoms with Gasteiger partial charge in [-0.1, -0.05) is 12.1 Å². The maximum atomic E-state index is 12.6. The lowest BCUT2D eigenvalue weighted by Gasteiger charge is -2.18. The number of nitrogens with one attached hydrogen (secondary N) is 1. The minimum atomic E-state index is -3.44. The van der Waals surface area contributed by atoms with Crippen LogP contribution in [0.15, 0.2) is 29.2 Å². The molecule has 5 nitrogen and oxygen atoms in total. The Morgan fingerprint density at radius 2 is 2.16 bits per heavy atom. The van der Waals surface area contributed by atoms with Crippen molar-refractivity contribution in [1.82, 2.24) is 4.31 Å². The van der Waals surface area contributed by atoms with Gasteiger partial charge in [0.2, 0.25) is 10.0 Å². The number of nitrogens with zero attached hydrogens (tertiary/aromatic N) is 1. The highest BCUT2D eigenvalue weighted by atomic mass is 32.2. The SMILES string of the molecule is CNc1ccccc1S(=O)(=O)N1CCC(CCO)C1. The number of benzene rings is 1. The smallest absolute Gasteiger partial charge is 0.245 e. The van der Waals surface area contributed by atoms with Gasteiger partial charge in [-0.15, -0.1) is 0 Å². The van der Waals surface area contributed by atoms with Crippen LogP contribution in [0.1, 0.15) is 12.8 Å². The second-order valence-corrected chi connectivity index (χ2v) is 6.68. The molecule has 19 heavy (non-hydrogen) atoms. The second-order valence-electron chi connectivity index (χ2n) is 4.78. The van der Waals surface area contributed by atoms with Gasteiger partial charge in [0.25, 0.3) is 0 Å². The highest BCUT2D eigenvalue weighted by Gasteiger charge is 2.33. The molecule has 1 heterocycles. The van der Waals surface area contributed by atoms with E-state index in [1.807, 2.05) is 6.07 Å². The van der Waals surface area contributed by atoms with Crippen molar-refractivity contribution in [2.75, 3.05) is 32.1 Å².